The fraction of sp³-hybridized carbons (Fsp3) is 0. The highest BCUT2D eigenvalue weighted by Crippen LogP contribution is 2.45. The lowest BCUT2D eigenvalue weighted by Crippen LogP contribution is -1.91. The Morgan fingerprint density at radius 2 is 0.809 bits per heavy atom. The molecule has 0 aliphatic rings. The first-order valence-electron chi connectivity index (χ1n) is 27.9. The SMILES string of the molecule is [2H]c1c([2H])c(-c2c([2H])c([2H])c3c(c2[2H])c([2H])c([2H])c2c([2H])c([2H])c([2H])c([2H])c23)c([2H])c(-c2c3c([2H])c([2H])c([2H])c([2H])c3c(-c3c([2H])c([2H])c4oc5c([2H])c([2H])c([2H])c([2H])c5c4c3[2H])c3c([2H])c([2H])c([2H])c([2H])c23)c1[2H]. The van der Waals surface area contributed by atoms with Gasteiger partial charge >= 0.3 is 0 Å². The zero-order valence-electron chi connectivity index (χ0n) is 51.4. The molecule has 10 rings (SSSR count). The van der Waals surface area contributed by atoms with Crippen molar-refractivity contribution in [3.05, 3.63) is 169 Å². The minimum atomic E-state index is -1.10. The molecule has 47 heavy (non-hydrogen) atoms. The zero-order chi connectivity index (χ0) is 55.3. The third kappa shape index (κ3) is 4.03. The van der Waals surface area contributed by atoms with Crippen LogP contribution in [-0.2, 0) is 0 Å². The molecular weight excluding hydrogens is 569 g/mol. The second-order valence-electron chi connectivity index (χ2n) is 10.3. The van der Waals surface area contributed by atoms with E-state index in [1.165, 1.54) is 0 Å². The standard InChI is InChI=1S/C46H28O/c1-2-13-35-29(10-1)20-21-32-26-31(22-24-36(32)35)30-11-9-12-33(27-30)45-38-15-3-5-17-40(38)46(41-18-6-4-16-39(41)45)34-23-25-44-42(28-34)37-14-7-8-19-43(37)47-44/h1-28H/i1D,2D,3D,4D,5D,6D,7D,8D,9D,10D,11D,12D,13D,14D,15D,16D,17D,18D,19D,20D,21D,22D,23D,24D,25D,26D,27D,28D. The highest BCUT2D eigenvalue weighted by atomic mass is 16.3. The Kier molecular flexibility index (Phi) is 2.31. The average molecular weight is 625 g/mol. The molecule has 10 aromatic rings. The third-order valence-electron chi connectivity index (χ3n) is 7.70. The molecule has 1 heterocycles. The molecule has 1 nitrogen and oxygen atoms in total. The minimum Gasteiger partial charge on any atom is -0.456 e. The summed E-state index contributed by atoms with van der Waals surface area (Å²) in [5, 5.41) is -6.15. The molecule has 1 heteroatoms. The van der Waals surface area contributed by atoms with Crippen LogP contribution in [0.25, 0.3) is 98.4 Å². The first kappa shape index (κ1) is 10.7. The van der Waals surface area contributed by atoms with Crippen molar-refractivity contribution >= 4 is 65.0 Å². The van der Waals surface area contributed by atoms with Crippen molar-refractivity contribution in [2.24, 2.45) is 0 Å². The third-order valence-corrected chi connectivity index (χ3v) is 7.70. The number of fused-ring (bicyclic) bond motifs is 8. The Hall–Kier alpha value is -6.18. The van der Waals surface area contributed by atoms with E-state index < -0.39 is 268 Å². The van der Waals surface area contributed by atoms with Crippen molar-refractivity contribution in [2.75, 3.05) is 0 Å². The largest absolute Gasteiger partial charge is 0.456 e. The second-order valence-corrected chi connectivity index (χ2v) is 10.3. The van der Waals surface area contributed by atoms with Gasteiger partial charge in [-0.1, -0.05) is 139 Å². The maximum atomic E-state index is 9.86. The Bertz CT molecular complexity index is 4360. The molecule has 0 amide bonds. The zero-order valence-corrected chi connectivity index (χ0v) is 23.4. The molecule has 0 spiro atoms. The molecule has 0 radical (unpaired) electrons. The van der Waals surface area contributed by atoms with Crippen LogP contribution in [0.3, 0.4) is 0 Å². The van der Waals surface area contributed by atoms with E-state index in [2.05, 4.69) is 0 Å². The lowest BCUT2D eigenvalue weighted by atomic mass is 9.85. The molecule has 0 atom stereocenters. The van der Waals surface area contributed by atoms with E-state index in [1.54, 1.807) is 0 Å². The molecule has 0 bridgehead atoms. The monoisotopic (exact) mass is 624 g/mol. The summed E-state index contributed by atoms with van der Waals surface area (Å²) in [5.41, 5.74) is -6.00. The summed E-state index contributed by atoms with van der Waals surface area (Å²) in [6.07, 6.45) is 0. The summed E-state index contributed by atoms with van der Waals surface area (Å²) in [6, 6.07) is -25.8. The number of hydrogen-bond acceptors (Lipinski definition) is 1. The Labute approximate surface area is 311 Å². The van der Waals surface area contributed by atoms with Crippen LogP contribution in [0.4, 0.5) is 0 Å². The lowest BCUT2D eigenvalue weighted by molar-refractivity contribution is 0.669. The normalized spacial score (nSPS) is 20.2. The minimum absolute atomic E-state index is 0.436. The molecule has 0 aliphatic carbocycles. The van der Waals surface area contributed by atoms with Crippen molar-refractivity contribution in [1.29, 1.82) is 0 Å². The number of para-hydroxylation sites is 1. The highest BCUT2D eigenvalue weighted by molar-refractivity contribution is 6.22. The van der Waals surface area contributed by atoms with E-state index in [-0.39, 0.29) is 0 Å². The summed E-state index contributed by atoms with van der Waals surface area (Å²) < 4.78 is 258. The van der Waals surface area contributed by atoms with Crippen LogP contribution in [-0.4, -0.2) is 0 Å². The quantitative estimate of drug-likeness (QED) is 0.141. The smallest absolute Gasteiger partial charge is 0.135 e. The topological polar surface area (TPSA) is 13.1 Å². The van der Waals surface area contributed by atoms with Crippen LogP contribution in [0.1, 0.15) is 38.4 Å². The van der Waals surface area contributed by atoms with Crippen molar-refractivity contribution in [1.82, 2.24) is 0 Å². The fourth-order valence-corrected chi connectivity index (χ4v) is 5.68. The van der Waals surface area contributed by atoms with Crippen molar-refractivity contribution in [3.63, 3.8) is 0 Å². The van der Waals surface area contributed by atoms with Gasteiger partial charge in [0.1, 0.15) is 11.2 Å². The Morgan fingerprint density at radius 3 is 1.55 bits per heavy atom. The van der Waals surface area contributed by atoms with Crippen LogP contribution in [0.5, 0.6) is 0 Å². The first-order chi connectivity index (χ1) is 35.0. The Balaban J connectivity index is 1.46. The summed E-state index contributed by atoms with van der Waals surface area (Å²) in [6.45, 7) is 0. The summed E-state index contributed by atoms with van der Waals surface area (Å²) in [5.74, 6) is 0. The number of benzene rings is 9. The number of hydrogen-bond donors (Lipinski definition) is 0. The van der Waals surface area contributed by atoms with Gasteiger partial charge in [0.2, 0.25) is 0 Å². The van der Waals surface area contributed by atoms with E-state index in [9.17, 15) is 15.1 Å². The lowest BCUT2D eigenvalue weighted by Gasteiger charge is -2.18. The van der Waals surface area contributed by atoms with Crippen LogP contribution in [0, 0.1) is 0 Å². The van der Waals surface area contributed by atoms with Gasteiger partial charge in [-0.05, 0) is 107 Å². The molecule has 9 aromatic carbocycles. The van der Waals surface area contributed by atoms with Gasteiger partial charge in [-0.25, -0.2) is 0 Å². The van der Waals surface area contributed by atoms with Crippen LogP contribution >= 0.6 is 0 Å². The molecule has 1 aromatic heterocycles. The fourth-order valence-electron chi connectivity index (χ4n) is 5.68. The van der Waals surface area contributed by atoms with Gasteiger partial charge < -0.3 is 4.42 Å². The maximum Gasteiger partial charge on any atom is 0.135 e. The molecule has 0 N–H and O–H groups in total. The van der Waals surface area contributed by atoms with E-state index in [1.807, 2.05) is 0 Å². The molecule has 0 fully saturated rings. The molecule has 0 unspecified atom stereocenters. The van der Waals surface area contributed by atoms with E-state index in [4.69, 9.17) is 27.7 Å². The Morgan fingerprint density at radius 1 is 0.298 bits per heavy atom. The van der Waals surface area contributed by atoms with E-state index in [0.717, 1.165) is 0 Å². The number of furan rings is 1. The van der Waals surface area contributed by atoms with Gasteiger partial charge in [0.05, 0.1) is 38.4 Å². The average Bonchev–Trinajstić information content (AvgIpc) is 3.80. The van der Waals surface area contributed by atoms with Gasteiger partial charge in [0.15, 0.2) is 0 Å². The molecule has 0 aliphatic heterocycles. The predicted molar refractivity (Wildman–Crippen MR) is 200 cm³/mol. The highest BCUT2D eigenvalue weighted by Gasteiger charge is 2.18. The van der Waals surface area contributed by atoms with E-state index >= 15 is 0 Å². The van der Waals surface area contributed by atoms with Crippen LogP contribution < -0.4 is 0 Å². The second kappa shape index (κ2) is 10.2. The summed E-state index contributed by atoms with van der Waals surface area (Å²) >= 11 is 0. The molecule has 0 saturated carbocycles. The van der Waals surface area contributed by atoms with Gasteiger partial charge in [0, 0.05) is 10.8 Å². The van der Waals surface area contributed by atoms with Crippen LogP contribution in [0.15, 0.2) is 174 Å². The van der Waals surface area contributed by atoms with Crippen molar-refractivity contribution < 1.29 is 42.8 Å². The van der Waals surface area contributed by atoms with E-state index in [0.29, 0.717) is 0 Å². The van der Waals surface area contributed by atoms with Gasteiger partial charge in [0.25, 0.3) is 0 Å². The van der Waals surface area contributed by atoms with Gasteiger partial charge in [-0.3, -0.25) is 0 Å². The van der Waals surface area contributed by atoms with Gasteiger partial charge in [-0.15, -0.1) is 0 Å². The number of rotatable bonds is 3. The van der Waals surface area contributed by atoms with Crippen LogP contribution in [0.2, 0.25) is 0 Å². The van der Waals surface area contributed by atoms with Gasteiger partial charge in [-0.2, -0.15) is 0 Å². The van der Waals surface area contributed by atoms with Crippen molar-refractivity contribution in [3.8, 4) is 33.4 Å². The molecule has 218 valence electrons. The molecular formula is C46H28O. The van der Waals surface area contributed by atoms with Crippen molar-refractivity contribution in [2.45, 2.75) is 0 Å². The molecule has 0 saturated heterocycles. The summed E-state index contributed by atoms with van der Waals surface area (Å²) in [7, 11) is 0. The maximum absolute atomic E-state index is 9.86. The summed E-state index contributed by atoms with van der Waals surface area (Å²) in [4.78, 5) is 0. The first-order valence-corrected chi connectivity index (χ1v) is 13.9. The predicted octanol–water partition coefficient (Wildman–Crippen LogP) is 13.2.